The van der Waals surface area contributed by atoms with E-state index >= 15 is 0 Å². The molecule has 0 aromatic carbocycles. The summed E-state index contributed by atoms with van der Waals surface area (Å²) in [4.78, 5) is 26.2. The van der Waals surface area contributed by atoms with Gasteiger partial charge in [0, 0.05) is 44.6 Å². The van der Waals surface area contributed by atoms with Gasteiger partial charge in [-0.25, -0.2) is 0 Å². The Bertz CT molecular complexity index is 464. The minimum absolute atomic E-state index is 0.0427. The topological polar surface area (TPSA) is 81.7 Å². The molecule has 3 N–H and O–H groups in total. The number of hydrogen-bond donors (Lipinski definition) is 3. The lowest BCUT2D eigenvalue weighted by molar-refractivity contribution is -0.121. The van der Waals surface area contributed by atoms with E-state index in [1.54, 1.807) is 0 Å². The number of rotatable bonds is 18. The molecule has 0 spiro atoms. The molecule has 0 aromatic heterocycles. The first kappa shape index (κ1) is 28.3. The highest BCUT2D eigenvalue weighted by atomic mass is 16.3. The molecule has 2 unspecified atom stereocenters. The average molecular weight is 424 g/mol. The molecule has 6 nitrogen and oxygen atoms in total. The van der Waals surface area contributed by atoms with Crippen LogP contribution >= 0.6 is 0 Å². The van der Waals surface area contributed by atoms with Gasteiger partial charge in [0.1, 0.15) is 0 Å². The molecule has 0 aliphatic rings. The van der Waals surface area contributed by atoms with Crippen LogP contribution in [0.15, 0.2) is 24.3 Å². The molecule has 0 radical (unpaired) electrons. The molecule has 30 heavy (non-hydrogen) atoms. The number of allylic oxidation sites excluding steroid dienone is 4. The molecule has 0 aliphatic carbocycles. The minimum atomic E-state index is 0.0427. The van der Waals surface area contributed by atoms with E-state index in [0.29, 0.717) is 32.5 Å². The standard InChI is InChI=1S/C24H45N3O3/c1-5-7-9-11-13-15-23(29)25-19-21(3)27(17-18-28)22(4)20-26-24(30)16-14-12-10-8-6-2/h9-12,21-22,28H,5-8,13-20H2,1-4H3,(H,25,29)(H,26,30)/b11-9+,12-10+. The average Bonchev–Trinajstić information content (AvgIpc) is 2.73. The van der Waals surface area contributed by atoms with Crippen LogP contribution in [0, 0.1) is 0 Å². The highest BCUT2D eigenvalue weighted by Crippen LogP contribution is 2.05. The van der Waals surface area contributed by atoms with Gasteiger partial charge in [-0.15, -0.1) is 0 Å². The van der Waals surface area contributed by atoms with Gasteiger partial charge in [-0.3, -0.25) is 14.5 Å². The highest BCUT2D eigenvalue weighted by molar-refractivity contribution is 5.76. The van der Waals surface area contributed by atoms with E-state index in [1.165, 1.54) is 0 Å². The van der Waals surface area contributed by atoms with Crippen molar-refractivity contribution in [1.29, 1.82) is 0 Å². The third-order valence-corrected chi connectivity index (χ3v) is 5.00. The quantitative estimate of drug-likeness (QED) is 0.294. The van der Waals surface area contributed by atoms with Crippen LogP contribution in [0.3, 0.4) is 0 Å². The van der Waals surface area contributed by atoms with Crippen molar-refractivity contribution in [3.8, 4) is 0 Å². The lowest BCUT2D eigenvalue weighted by Gasteiger charge is -2.34. The van der Waals surface area contributed by atoms with E-state index in [4.69, 9.17) is 0 Å². The van der Waals surface area contributed by atoms with Gasteiger partial charge in [-0.1, -0.05) is 51.0 Å². The number of nitrogens with one attached hydrogen (secondary N) is 2. The van der Waals surface area contributed by atoms with Crippen LogP contribution < -0.4 is 10.6 Å². The first-order valence-electron chi connectivity index (χ1n) is 11.7. The molecule has 2 atom stereocenters. The van der Waals surface area contributed by atoms with Crippen molar-refractivity contribution < 1.29 is 14.7 Å². The minimum Gasteiger partial charge on any atom is -0.395 e. The number of nitrogens with zero attached hydrogens (tertiary/aromatic N) is 1. The van der Waals surface area contributed by atoms with Gasteiger partial charge in [0.05, 0.1) is 6.61 Å². The molecule has 0 saturated carbocycles. The van der Waals surface area contributed by atoms with E-state index in [2.05, 4.69) is 53.7 Å². The first-order chi connectivity index (χ1) is 14.5. The van der Waals surface area contributed by atoms with Crippen LogP contribution in [0.5, 0.6) is 0 Å². The van der Waals surface area contributed by atoms with Gasteiger partial charge in [0.2, 0.25) is 11.8 Å². The van der Waals surface area contributed by atoms with Gasteiger partial charge >= 0.3 is 0 Å². The molecule has 0 aromatic rings. The molecular formula is C24H45N3O3. The maximum atomic E-state index is 12.0. The van der Waals surface area contributed by atoms with Crippen LogP contribution in [-0.4, -0.2) is 60.1 Å². The third kappa shape index (κ3) is 15.2. The fourth-order valence-electron chi connectivity index (χ4n) is 3.16. The summed E-state index contributed by atoms with van der Waals surface area (Å²) < 4.78 is 0. The van der Waals surface area contributed by atoms with Crippen molar-refractivity contribution in [3.05, 3.63) is 24.3 Å². The largest absolute Gasteiger partial charge is 0.395 e. The zero-order valence-corrected chi connectivity index (χ0v) is 19.7. The Labute approximate surface area is 184 Å². The molecule has 0 rings (SSSR count). The van der Waals surface area contributed by atoms with Gasteiger partial charge < -0.3 is 15.7 Å². The van der Waals surface area contributed by atoms with Crippen molar-refractivity contribution in [3.63, 3.8) is 0 Å². The van der Waals surface area contributed by atoms with Crippen molar-refractivity contribution >= 4 is 11.8 Å². The molecule has 0 bridgehead atoms. The molecule has 2 amide bonds. The smallest absolute Gasteiger partial charge is 0.220 e. The van der Waals surface area contributed by atoms with E-state index < -0.39 is 0 Å². The third-order valence-electron chi connectivity index (χ3n) is 5.00. The summed E-state index contributed by atoms with van der Waals surface area (Å²) >= 11 is 0. The maximum Gasteiger partial charge on any atom is 0.220 e. The van der Waals surface area contributed by atoms with Gasteiger partial charge in [-0.2, -0.15) is 0 Å². The summed E-state index contributed by atoms with van der Waals surface area (Å²) in [6.07, 6.45) is 15.2. The highest BCUT2D eigenvalue weighted by Gasteiger charge is 2.20. The van der Waals surface area contributed by atoms with Gasteiger partial charge in [-0.05, 0) is 39.5 Å². The van der Waals surface area contributed by atoms with Crippen LogP contribution in [0.4, 0.5) is 0 Å². The number of hydrogen-bond acceptors (Lipinski definition) is 4. The SMILES string of the molecule is CCC/C=C/CCC(=O)NCC(C)N(CCO)C(C)CNC(=O)CC/C=C/CCC. The predicted octanol–water partition coefficient (Wildman–Crippen LogP) is 3.56. The van der Waals surface area contributed by atoms with Gasteiger partial charge in [0.15, 0.2) is 0 Å². The molecule has 0 fully saturated rings. The van der Waals surface area contributed by atoms with Crippen molar-refractivity contribution in [1.82, 2.24) is 15.5 Å². The van der Waals surface area contributed by atoms with Crippen molar-refractivity contribution in [2.75, 3.05) is 26.2 Å². The number of aliphatic hydroxyl groups excluding tert-OH is 1. The van der Waals surface area contributed by atoms with Crippen LogP contribution in [0.25, 0.3) is 0 Å². The summed E-state index contributed by atoms with van der Waals surface area (Å²) in [7, 11) is 0. The number of amides is 2. The number of aliphatic hydroxyl groups is 1. The van der Waals surface area contributed by atoms with E-state index in [1.807, 2.05) is 13.8 Å². The molecule has 0 saturated heterocycles. The molecule has 174 valence electrons. The zero-order chi connectivity index (χ0) is 22.6. The van der Waals surface area contributed by atoms with Crippen LogP contribution in [0.2, 0.25) is 0 Å². The van der Waals surface area contributed by atoms with E-state index in [-0.39, 0.29) is 30.5 Å². The Morgan fingerprint density at radius 1 is 0.800 bits per heavy atom. The second-order valence-corrected chi connectivity index (χ2v) is 7.87. The Balaban J connectivity index is 4.29. The maximum absolute atomic E-state index is 12.0. The Morgan fingerprint density at radius 3 is 1.57 bits per heavy atom. The van der Waals surface area contributed by atoms with Crippen LogP contribution in [-0.2, 0) is 9.59 Å². The summed E-state index contributed by atoms with van der Waals surface area (Å²) in [5.74, 6) is 0.0908. The summed E-state index contributed by atoms with van der Waals surface area (Å²) in [6.45, 7) is 9.94. The second-order valence-electron chi connectivity index (χ2n) is 7.87. The molecule has 6 heteroatoms. The summed E-state index contributed by atoms with van der Waals surface area (Å²) in [5.41, 5.74) is 0. The number of carbonyl (C=O) groups excluding carboxylic acids is 2. The molecule has 0 heterocycles. The monoisotopic (exact) mass is 423 g/mol. The number of unbranched alkanes of at least 4 members (excludes halogenated alkanes) is 2. The van der Waals surface area contributed by atoms with E-state index in [0.717, 1.165) is 38.5 Å². The summed E-state index contributed by atoms with van der Waals surface area (Å²) in [5, 5.41) is 15.4. The van der Waals surface area contributed by atoms with E-state index in [9.17, 15) is 14.7 Å². The predicted molar refractivity (Wildman–Crippen MR) is 125 cm³/mol. The summed E-state index contributed by atoms with van der Waals surface area (Å²) in [6, 6.07) is 0.140. The Hall–Kier alpha value is -1.66. The second kappa shape index (κ2) is 19.3. The van der Waals surface area contributed by atoms with Crippen LogP contribution in [0.1, 0.15) is 79.1 Å². The Kier molecular flexibility index (Phi) is 18.2. The molecule has 0 aliphatic heterocycles. The fourth-order valence-corrected chi connectivity index (χ4v) is 3.16. The zero-order valence-electron chi connectivity index (χ0n) is 19.7. The number of carbonyl (C=O) groups is 2. The Morgan fingerprint density at radius 2 is 1.20 bits per heavy atom. The first-order valence-corrected chi connectivity index (χ1v) is 11.7. The normalized spacial score (nSPS) is 13.8. The van der Waals surface area contributed by atoms with Crippen molar-refractivity contribution in [2.24, 2.45) is 0 Å². The lowest BCUT2D eigenvalue weighted by atomic mass is 10.1. The fraction of sp³-hybridized carbons (Fsp3) is 0.750. The lowest BCUT2D eigenvalue weighted by Crippen LogP contribution is -2.51. The van der Waals surface area contributed by atoms with Gasteiger partial charge in [0.25, 0.3) is 0 Å². The van der Waals surface area contributed by atoms with Crippen molar-refractivity contribution in [2.45, 2.75) is 91.1 Å². The molecular weight excluding hydrogens is 378 g/mol.